The lowest BCUT2D eigenvalue weighted by molar-refractivity contribution is 1.38. The highest BCUT2D eigenvalue weighted by Gasteiger charge is 2.10. The van der Waals surface area contributed by atoms with Gasteiger partial charge in [0.05, 0.1) is 5.56 Å². The minimum Gasteiger partial charge on any atom is -0.244 e. The van der Waals surface area contributed by atoms with Crippen LogP contribution in [0.1, 0.15) is 21.6 Å². The Morgan fingerprint density at radius 2 is 1.86 bits per heavy atom. The van der Waals surface area contributed by atoms with Gasteiger partial charge in [0.1, 0.15) is 11.1 Å². The molecule has 0 saturated heterocycles. The summed E-state index contributed by atoms with van der Waals surface area (Å²) >= 11 is 1.57. The van der Waals surface area contributed by atoms with Crippen LogP contribution in [0.2, 0.25) is 0 Å². The number of benzene rings is 2. The number of thiophene rings is 1. The molecule has 3 heteroatoms. The third-order valence-electron chi connectivity index (χ3n) is 3.62. The van der Waals surface area contributed by atoms with E-state index in [1.807, 2.05) is 44.3 Å². The van der Waals surface area contributed by atoms with Gasteiger partial charge < -0.3 is 0 Å². The first-order valence-electron chi connectivity index (χ1n) is 6.72. The second-order valence-electron chi connectivity index (χ2n) is 4.90. The fraction of sp³-hybridized carbons (Fsp3) is 0.111. The van der Waals surface area contributed by atoms with Gasteiger partial charge in [-0.1, -0.05) is 42.5 Å². The number of rotatable bonds is 2. The monoisotopic (exact) mass is 290 g/mol. The third-order valence-corrected chi connectivity index (χ3v) is 4.74. The van der Waals surface area contributed by atoms with Gasteiger partial charge in [0.15, 0.2) is 0 Å². The van der Waals surface area contributed by atoms with Crippen LogP contribution in [-0.4, -0.2) is 6.21 Å². The Morgan fingerprint density at radius 1 is 1.10 bits per heavy atom. The van der Waals surface area contributed by atoms with Crippen LogP contribution >= 0.6 is 11.3 Å². The topological polar surface area (TPSA) is 36.1 Å². The number of nitrogens with zero attached hydrogens (tertiary/aromatic N) is 2. The summed E-state index contributed by atoms with van der Waals surface area (Å²) in [6.07, 6.45) is 1.86. The molecule has 2 aromatic carbocycles. The second kappa shape index (κ2) is 5.51. The molecule has 102 valence electrons. The fourth-order valence-corrected chi connectivity index (χ4v) is 3.27. The molecule has 0 bridgehead atoms. The van der Waals surface area contributed by atoms with E-state index in [0.29, 0.717) is 5.56 Å². The summed E-state index contributed by atoms with van der Waals surface area (Å²) in [4.78, 5) is 5.70. The lowest BCUT2D eigenvalue weighted by Crippen LogP contribution is -1.83. The van der Waals surface area contributed by atoms with Gasteiger partial charge in [0.25, 0.3) is 0 Å². The molecule has 0 aliphatic rings. The Labute approximate surface area is 128 Å². The molecule has 1 heterocycles. The van der Waals surface area contributed by atoms with Gasteiger partial charge in [0, 0.05) is 16.7 Å². The largest absolute Gasteiger partial charge is 0.244 e. The van der Waals surface area contributed by atoms with Crippen LogP contribution in [0, 0.1) is 25.2 Å². The van der Waals surface area contributed by atoms with Crippen LogP contribution in [0.25, 0.3) is 10.8 Å². The van der Waals surface area contributed by atoms with Gasteiger partial charge >= 0.3 is 0 Å². The van der Waals surface area contributed by atoms with Gasteiger partial charge in [-0.3, -0.25) is 0 Å². The van der Waals surface area contributed by atoms with Crippen molar-refractivity contribution in [3.8, 4) is 6.07 Å². The zero-order valence-electron chi connectivity index (χ0n) is 11.9. The van der Waals surface area contributed by atoms with E-state index in [0.717, 1.165) is 21.0 Å². The van der Waals surface area contributed by atoms with Crippen molar-refractivity contribution in [2.24, 2.45) is 4.99 Å². The summed E-state index contributed by atoms with van der Waals surface area (Å²) < 4.78 is 0. The van der Waals surface area contributed by atoms with Crippen molar-refractivity contribution < 1.29 is 0 Å². The average molecular weight is 290 g/mol. The molecule has 0 spiro atoms. The van der Waals surface area contributed by atoms with Gasteiger partial charge in [-0.15, -0.1) is 11.3 Å². The van der Waals surface area contributed by atoms with Crippen molar-refractivity contribution >= 4 is 33.3 Å². The van der Waals surface area contributed by atoms with E-state index in [9.17, 15) is 5.26 Å². The molecule has 3 aromatic rings. The molecule has 0 fully saturated rings. The van der Waals surface area contributed by atoms with Crippen LogP contribution < -0.4 is 0 Å². The Hall–Kier alpha value is -2.44. The smallest absolute Gasteiger partial charge is 0.134 e. The van der Waals surface area contributed by atoms with E-state index >= 15 is 0 Å². The predicted octanol–water partition coefficient (Wildman–Crippen LogP) is 5.14. The normalized spacial score (nSPS) is 11.1. The molecule has 3 rings (SSSR count). The number of hydrogen-bond donors (Lipinski definition) is 0. The van der Waals surface area contributed by atoms with Crippen molar-refractivity contribution in [3.05, 3.63) is 64.0 Å². The van der Waals surface area contributed by atoms with Gasteiger partial charge in [-0.2, -0.15) is 5.26 Å². The van der Waals surface area contributed by atoms with E-state index in [1.54, 1.807) is 11.3 Å². The summed E-state index contributed by atoms with van der Waals surface area (Å²) in [6.45, 7) is 4.00. The first-order valence-corrected chi connectivity index (χ1v) is 7.54. The van der Waals surface area contributed by atoms with Crippen LogP contribution in [0.3, 0.4) is 0 Å². The average Bonchev–Trinajstić information content (AvgIpc) is 2.79. The SMILES string of the molecule is Cc1sc(/N=C/c2cccc3ccccc23)c(C#N)c1C. The standard InChI is InChI=1S/C18H14N2S/c1-12-13(2)21-18(17(12)10-19)20-11-15-8-5-7-14-6-3-4-9-16(14)15/h3-9,11H,1-2H3/b20-11+. The molecule has 0 saturated carbocycles. The lowest BCUT2D eigenvalue weighted by Gasteiger charge is -2.00. The molecular weight excluding hydrogens is 276 g/mol. The molecule has 0 atom stereocenters. The van der Waals surface area contributed by atoms with Crippen molar-refractivity contribution in [2.45, 2.75) is 13.8 Å². The molecular formula is C18H14N2S. The Morgan fingerprint density at radius 3 is 2.67 bits per heavy atom. The molecule has 0 N–H and O–H groups in total. The van der Waals surface area contributed by atoms with Crippen molar-refractivity contribution in [3.63, 3.8) is 0 Å². The van der Waals surface area contributed by atoms with Crippen LogP contribution in [0.15, 0.2) is 47.5 Å². The first kappa shape index (κ1) is 13.5. The first-order chi connectivity index (χ1) is 10.2. The maximum absolute atomic E-state index is 9.26. The molecule has 0 radical (unpaired) electrons. The van der Waals surface area contributed by atoms with Gasteiger partial charge in [-0.25, -0.2) is 4.99 Å². The zero-order valence-corrected chi connectivity index (χ0v) is 12.7. The number of fused-ring (bicyclic) bond motifs is 1. The highest BCUT2D eigenvalue weighted by Crippen LogP contribution is 2.34. The molecule has 21 heavy (non-hydrogen) atoms. The van der Waals surface area contributed by atoms with E-state index in [-0.39, 0.29) is 0 Å². The van der Waals surface area contributed by atoms with Crippen molar-refractivity contribution in [2.75, 3.05) is 0 Å². The lowest BCUT2D eigenvalue weighted by atomic mass is 10.1. The van der Waals surface area contributed by atoms with E-state index in [4.69, 9.17) is 0 Å². The van der Waals surface area contributed by atoms with E-state index < -0.39 is 0 Å². The third kappa shape index (κ3) is 2.46. The Kier molecular flexibility index (Phi) is 3.55. The molecule has 2 nitrogen and oxygen atoms in total. The number of nitriles is 1. The molecule has 0 unspecified atom stereocenters. The summed E-state index contributed by atoms with van der Waals surface area (Å²) in [5.74, 6) is 0. The van der Waals surface area contributed by atoms with Gasteiger partial charge in [0.2, 0.25) is 0 Å². The maximum Gasteiger partial charge on any atom is 0.134 e. The summed E-state index contributed by atoms with van der Waals surface area (Å²) in [6, 6.07) is 16.7. The molecule has 0 aliphatic heterocycles. The van der Waals surface area contributed by atoms with Crippen molar-refractivity contribution in [1.29, 1.82) is 5.26 Å². The zero-order chi connectivity index (χ0) is 14.8. The number of hydrogen-bond acceptors (Lipinski definition) is 3. The number of aryl methyl sites for hydroxylation is 1. The summed E-state index contributed by atoms with van der Waals surface area (Å²) in [5.41, 5.74) is 2.79. The minimum absolute atomic E-state index is 0.689. The Balaban J connectivity index is 2.07. The highest BCUT2D eigenvalue weighted by molar-refractivity contribution is 7.16. The Bertz CT molecular complexity index is 877. The van der Waals surface area contributed by atoms with E-state index in [2.05, 4.69) is 29.3 Å². The number of aliphatic imine (C=N–C) groups is 1. The van der Waals surface area contributed by atoms with Gasteiger partial charge in [-0.05, 0) is 30.2 Å². The highest BCUT2D eigenvalue weighted by atomic mass is 32.1. The van der Waals surface area contributed by atoms with Crippen LogP contribution in [-0.2, 0) is 0 Å². The summed E-state index contributed by atoms with van der Waals surface area (Å²) in [7, 11) is 0. The quantitative estimate of drug-likeness (QED) is 0.602. The second-order valence-corrected chi connectivity index (χ2v) is 6.10. The van der Waals surface area contributed by atoms with Crippen LogP contribution in [0.4, 0.5) is 5.00 Å². The van der Waals surface area contributed by atoms with Crippen molar-refractivity contribution in [1.82, 2.24) is 0 Å². The van der Waals surface area contributed by atoms with E-state index in [1.165, 1.54) is 10.8 Å². The fourth-order valence-electron chi connectivity index (χ4n) is 2.32. The van der Waals surface area contributed by atoms with Crippen LogP contribution in [0.5, 0.6) is 0 Å². The minimum atomic E-state index is 0.689. The predicted molar refractivity (Wildman–Crippen MR) is 89.7 cm³/mol. The summed E-state index contributed by atoms with van der Waals surface area (Å²) in [5, 5.41) is 12.4. The molecule has 1 aromatic heterocycles. The maximum atomic E-state index is 9.26. The molecule has 0 aliphatic carbocycles. The molecule has 0 amide bonds.